The van der Waals surface area contributed by atoms with Crippen molar-refractivity contribution >= 4 is 11.9 Å². The Bertz CT molecular complexity index is 557. The van der Waals surface area contributed by atoms with E-state index < -0.39 is 23.8 Å². The van der Waals surface area contributed by atoms with Crippen LogP contribution in [0.4, 0.5) is 0 Å². The molecule has 3 N–H and O–H groups in total. The van der Waals surface area contributed by atoms with Gasteiger partial charge in [0.2, 0.25) is 0 Å². The second-order valence-corrected chi connectivity index (χ2v) is 5.55. The summed E-state index contributed by atoms with van der Waals surface area (Å²) in [4.78, 5) is 23.7. The van der Waals surface area contributed by atoms with Crippen LogP contribution in [0.2, 0.25) is 0 Å². The molecule has 2 rings (SSSR count). The maximum absolute atomic E-state index is 12.4. The van der Waals surface area contributed by atoms with Crippen LogP contribution in [-0.4, -0.2) is 35.2 Å². The number of carbonyl (C=O) groups excluding carboxylic acids is 1. The zero-order chi connectivity index (χ0) is 16.1. The molecule has 0 unspecified atom stereocenters. The second-order valence-electron chi connectivity index (χ2n) is 5.55. The Hall–Kier alpha value is -2.24. The summed E-state index contributed by atoms with van der Waals surface area (Å²) in [6.45, 7) is 0. The minimum Gasteiger partial charge on any atom is -0.507 e. The van der Waals surface area contributed by atoms with E-state index in [0.29, 0.717) is 18.6 Å². The van der Waals surface area contributed by atoms with Crippen LogP contribution in [0, 0.1) is 5.92 Å². The van der Waals surface area contributed by atoms with E-state index in [1.807, 2.05) is 0 Å². The lowest BCUT2D eigenvalue weighted by Gasteiger charge is -2.23. The zero-order valence-electron chi connectivity index (χ0n) is 12.5. The molecule has 22 heavy (non-hydrogen) atoms. The molecule has 2 atom stereocenters. The van der Waals surface area contributed by atoms with Gasteiger partial charge < -0.3 is 20.3 Å². The van der Waals surface area contributed by atoms with Gasteiger partial charge in [-0.3, -0.25) is 9.59 Å². The number of carbonyl (C=O) groups is 2. The molecule has 6 nitrogen and oxygen atoms in total. The quantitative estimate of drug-likeness (QED) is 0.741. The van der Waals surface area contributed by atoms with E-state index in [1.54, 1.807) is 6.07 Å². The summed E-state index contributed by atoms with van der Waals surface area (Å²) in [5.74, 6) is -1.65. The Morgan fingerprint density at radius 2 is 1.95 bits per heavy atom. The second kappa shape index (κ2) is 7.15. The van der Waals surface area contributed by atoms with Gasteiger partial charge in [0.05, 0.1) is 18.6 Å². The van der Waals surface area contributed by atoms with E-state index in [4.69, 9.17) is 4.74 Å². The first kappa shape index (κ1) is 16.1. The SMILES string of the molecule is COc1ccc(O)c(C(=O)N[C@H]2CCCCC[C@H]2C(=O)O)c1. The number of benzene rings is 1. The first-order valence-electron chi connectivity index (χ1n) is 7.43. The van der Waals surface area contributed by atoms with Crippen molar-refractivity contribution in [1.82, 2.24) is 5.32 Å². The molecule has 1 saturated carbocycles. The van der Waals surface area contributed by atoms with Crippen LogP contribution in [0.15, 0.2) is 18.2 Å². The van der Waals surface area contributed by atoms with Crippen LogP contribution in [0.1, 0.15) is 42.5 Å². The predicted octanol–water partition coefficient (Wildman–Crippen LogP) is 2.16. The van der Waals surface area contributed by atoms with E-state index in [-0.39, 0.29) is 11.3 Å². The number of nitrogens with one attached hydrogen (secondary N) is 1. The number of aromatic hydroxyl groups is 1. The van der Waals surface area contributed by atoms with Crippen molar-refractivity contribution in [3.05, 3.63) is 23.8 Å². The van der Waals surface area contributed by atoms with Crippen LogP contribution in [-0.2, 0) is 4.79 Å². The minimum absolute atomic E-state index is 0.0905. The topological polar surface area (TPSA) is 95.9 Å². The lowest BCUT2D eigenvalue weighted by molar-refractivity contribution is -0.142. The standard InChI is InChI=1S/C16H21NO5/c1-22-10-7-8-14(18)12(9-10)15(19)17-13-6-4-2-3-5-11(13)16(20)21/h7-9,11,13,18H,2-6H2,1H3,(H,17,19)(H,20,21)/t11-,13+/m1/s1. The number of carboxylic acids is 1. The molecule has 1 aliphatic carbocycles. The Kier molecular flexibility index (Phi) is 5.25. The number of methoxy groups -OCH3 is 1. The maximum Gasteiger partial charge on any atom is 0.308 e. The molecule has 0 spiro atoms. The number of rotatable bonds is 4. The maximum atomic E-state index is 12.4. The summed E-state index contributed by atoms with van der Waals surface area (Å²) in [7, 11) is 1.47. The van der Waals surface area contributed by atoms with Crippen molar-refractivity contribution in [3.8, 4) is 11.5 Å². The molecule has 1 aromatic carbocycles. The molecule has 0 aliphatic heterocycles. The molecule has 6 heteroatoms. The molecule has 0 aromatic heterocycles. The highest BCUT2D eigenvalue weighted by molar-refractivity contribution is 5.97. The predicted molar refractivity (Wildman–Crippen MR) is 80.1 cm³/mol. The van der Waals surface area contributed by atoms with Gasteiger partial charge in [0, 0.05) is 6.04 Å². The average Bonchev–Trinajstić information content (AvgIpc) is 2.73. The first-order valence-corrected chi connectivity index (χ1v) is 7.43. The normalized spacial score (nSPS) is 21.7. The highest BCUT2D eigenvalue weighted by atomic mass is 16.5. The molecule has 1 aliphatic rings. The van der Waals surface area contributed by atoms with Crippen molar-refractivity contribution in [2.45, 2.75) is 38.1 Å². The molecule has 1 fully saturated rings. The number of hydrogen-bond donors (Lipinski definition) is 3. The molecule has 1 amide bonds. The first-order chi connectivity index (χ1) is 10.5. The molecule has 0 radical (unpaired) electrons. The van der Waals surface area contributed by atoms with Crippen molar-refractivity contribution in [1.29, 1.82) is 0 Å². The van der Waals surface area contributed by atoms with E-state index in [2.05, 4.69) is 5.32 Å². The third-order valence-corrected chi connectivity index (χ3v) is 4.10. The van der Waals surface area contributed by atoms with Crippen LogP contribution in [0.3, 0.4) is 0 Å². The minimum atomic E-state index is -0.887. The van der Waals surface area contributed by atoms with Crippen molar-refractivity contribution in [2.75, 3.05) is 7.11 Å². The van der Waals surface area contributed by atoms with E-state index in [1.165, 1.54) is 19.2 Å². The third kappa shape index (κ3) is 3.69. The number of phenolic OH excluding ortho intramolecular Hbond substituents is 1. The van der Waals surface area contributed by atoms with Crippen LogP contribution < -0.4 is 10.1 Å². The van der Waals surface area contributed by atoms with Crippen LogP contribution >= 0.6 is 0 Å². The third-order valence-electron chi connectivity index (χ3n) is 4.10. The fourth-order valence-corrected chi connectivity index (χ4v) is 2.85. The van der Waals surface area contributed by atoms with Gasteiger partial charge >= 0.3 is 5.97 Å². The van der Waals surface area contributed by atoms with Crippen molar-refractivity contribution in [2.24, 2.45) is 5.92 Å². The van der Waals surface area contributed by atoms with Gasteiger partial charge in [-0.25, -0.2) is 0 Å². The summed E-state index contributed by atoms with van der Waals surface area (Å²) in [6.07, 6.45) is 3.91. The smallest absolute Gasteiger partial charge is 0.308 e. The average molecular weight is 307 g/mol. The van der Waals surface area contributed by atoms with Crippen LogP contribution in [0.25, 0.3) is 0 Å². The fraction of sp³-hybridized carbons (Fsp3) is 0.500. The number of phenols is 1. The molecule has 0 saturated heterocycles. The number of hydrogen-bond acceptors (Lipinski definition) is 4. The number of ether oxygens (including phenoxy) is 1. The monoisotopic (exact) mass is 307 g/mol. The molecular weight excluding hydrogens is 286 g/mol. The van der Waals surface area contributed by atoms with Gasteiger partial charge in [0.1, 0.15) is 11.5 Å². The van der Waals surface area contributed by atoms with Crippen molar-refractivity contribution < 1.29 is 24.5 Å². The van der Waals surface area contributed by atoms with E-state index in [0.717, 1.165) is 19.3 Å². The van der Waals surface area contributed by atoms with Gasteiger partial charge in [-0.05, 0) is 31.0 Å². The molecular formula is C16H21NO5. The molecule has 120 valence electrons. The number of amides is 1. The van der Waals surface area contributed by atoms with Gasteiger partial charge in [-0.1, -0.05) is 19.3 Å². The van der Waals surface area contributed by atoms with E-state index in [9.17, 15) is 19.8 Å². The van der Waals surface area contributed by atoms with Crippen LogP contribution in [0.5, 0.6) is 11.5 Å². The summed E-state index contributed by atoms with van der Waals surface area (Å²) in [5.41, 5.74) is 0.0905. The molecule has 0 heterocycles. The summed E-state index contributed by atoms with van der Waals surface area (Å²) in [6, 6.07) is 3.96. The number of carboxylic acid groups (broad SMARTS) is 1. The molecule has 1 aromatic rings. The van der Waals surface area contributed by atoms with E-state index >= 15 is 0 Å². The van der Waals surface area contributed by atoms with Gasteiger partial charge in [-0.15, -0.1) is 0 Å². The summed E-state index contributed by atoms with van der Waals surface area (Å²) < 4.78 is 5.04. The zero-order valence-corrected chi connectivity index (χ0v) is 12.5. The Balaban J connectivity index is 2.17. The summed E-state index contributed by atoms with van der Waals surface area (Å²) in [5, 5.41) is 21.9. The Labute approximate surface area is 129 Å². The van der Waals surface area contributed by atoms with Gasteiger partial charge in [0.15, 0.2) is 0 Å². The van der Waals surface area contributed by atoms with Crippen molar-refractivity contribution in [3.63, 3.8) is 0 Å². The Morgan fingerprint density at radius 3 is 2.64 bits per heavy atom. The lowest BCUT2D eigenvalue weighted by atomic mass is 9.94. The molecule has 0 bridgehead atoms. The van der Waals surface area contributed by atoms with Gasteiger partial charge in [-0.2, -0.15) is 0 Å². The largest absolute Gasteiger partial charge is 0.507 e. The number of aliphatic carboxylic acids is 1. The highest BCUT2D eigenvalue weighted by Gasteiger charge is 2.31. The lowest BCUT2D eigenvalue weighted by Crippen LogP contribution is -2.42. The highest BCUT2D eigenvalue weighted by Crippen LogP contribution is 2.26. The fourth-order valence-electron chi connectivity index (χ4n) is 2.85. The Morgan fingerprint density at radius 1 is 1.23 bits per heavy atom. The summed E-state index contributed by atoms with van der Waals surface area (Å²) >= 11 is 0. The van der Waals surface area contributed by atoms with Gasteiger partial charge in [0.25, 0.3) is 5.91 Å².